The van der Waals surface area contributed by atoms with Gasteiger partial charge in [0.1, 0.15) is 30.6 Å². The first-order valence-corrected chi connectivity index (χ1v) is 8.43. The van der Waals surface area contributed by atoms with Crippen LogP contribution in [0.25, 0.3) is 0 Å². The van der Waals surface area contributed by atoms with Crippen molar-refractivity contribution < 1.29 is 38.5 Å². The van der Waals surface area contributed by atoms with E-state index in [-0.39, 0.29) is 31.0 Å². The van der Waals surface area contributed by atoms with Crippen LogP contribution in [-0.2, 0) is 28.5 Å². The lowest BCUT2D eigenvalue weighted by Gasteiger charge is -2.18. The molecule has 1 aromatic heterocycles. The average Bonchev–Trinajstić information content (AvgIpc) is 3.01. The molecule has 1 aliphatic rings. The SMILES string of the molecule is CCOC(=O)c1cn([C@H]2C[C@H](OC(C)=O)[C@@H](COC(C)=O)O2)c(=O)nc1NO. The first-order valence-electron chi connectivity index (χ1n) is 8.43. The molecule has 0 radical (unpaired) electrons. The van der Waals surface area contributed by atoms with Crippen LogP contribution in [0.5, 0.6) is 0 Å². The second-order valence-corrected chi connectivity index (χ2v) is 5.84. The molecular formula is C16H21N3O9. The summed E-state index contributed by atoms with van der Waals surface area (Å²) in [4.78, 5) is 50.3. The minimum Gasteiger partial charge on any atom is -0.463 e. The molecule has 28 heavy (non-hydrogen) atoms. The highest BCUT2D eigenvalue weighted by Gasteiger charge is 2.40. The summed E-state index contributed by atoms with van der Waals surface area (Å²) in [6.45, 7) is 3.91. The lowest BCUT2D eigenvalue weighted by molar-refractivity contribution is -0.155. The van der Waals surface area contributed by atoms with Gasteiger partial charge in [-0.15, -0.1) is 0 Å². The second kappa shape index (κ2) is 9.28. The molecule has 1 fully saturated rings. The molecule has 1 aliphatic heterocycles. The van der Waals surface area contributed by atoms with E-state index >= 15 is 0 Å². The number of hydrogen-bond donors (Lipinski definition) is 2. The number of ether oxygens (including phenoxy) is 4. The van der Waals surface area contributed by atoms with E-state index in [1.807, 2.05) is 0 Å². The van der Waals surface area contributed by atoms with E-state index in [4.69, 9.17) is 24.2 Å². The number of nitrogens with zero attached hydrogens (tertiary/aromatic N) is 2. The molecule has 0 aliphatic carbocycles. The number of carbonyl (C=O) groups excluding carboxylic acids is 3. The zero-order chi connectivity index (χ0) is 20.8. The lowest BCUT2D eigenvalue weighted by atomic mass is 10.2. The van der Waals surface area contributed by atoms with Crippen LogP contribution in [0.1, 0.15) is 43.8 Å². The van der Waals surface area contributed by atoms with Crippen LogP contribution in [0.4, 0.5) is 5.82 Å². The molecule has 0 bridgehead atoms. The number of esters is 3. The molecule has 0 spiro atoms. The number of rotatable bonds is 7. The molecule has 0 unspecified atom stereocenters. The largest absolute Gasteiger partial charge is 0.463 e. The minimum atomic E-state index is -0.953. The fourth-order valence-corrected chi connectivity index (χ4v) is 2.68. The zero-order valence-corrected chi connectivity index (χ0v) is 15.5. The maximum atomic E-state index is 12.3. The fourth-order valence-electron chi connectivity index (χ4n) is 2.68. The van der Waals surface area contributed by atoms with Crippen LogP contribution < -0.4 is 11.2 Å². The van der Waals surface area contributed by atoms with Crippen molar-refractivity contribution in [3.05, 3.63) is 22.2 Å². The van der Waals surface area contributed by atoms with Crippen LogP contribution >= 0.6 is 0 Å². The number of aromatic nitrogens is 2. The Morgan fingerprint density at radius 1 is 1.32 bits per heavy atom. The van der Waals surface area contributed by atoms with Gasteiger partial charge in [0.25, 0.3) is 0 Å². The van der Waals surface area contributed by atoms with E-state index in [1.165, 1.54) is 13.8 Å². The third-order valence-electron chi connectivity index (χ3n) is 3.81. The summed E-state index contributed by atoms with van der Waals surface area (Å²) in [5.41, 5.74) is 0.653. The normalized spacial score (nSPS) is 21.1. The number of nitrogens with one attached hydrogen (secondary N) is 1. The summed E-state index contributed by atoms with van der Waals surface area (Å²) in [6.07, 6.45) is -1.37. The van der Waals surface area contributed by atoms with Crippen LogP contribution in [0.2, 0.25) is 0 Å². The number of anilines is 1. The van der Waals surface area contributed by atoms with E-state index in [1.54, 1.807) is 12.4 Å². The van der Waals surface area contributed by atoms with Crippen LogP contribution in [-0.4, -0.2) is 58.1 Å². The number of hydrogen-bond acceptors (Lipinski definition) is 11. The predicted octanol–water partition coefficient (Wildman–Crippen LogP) is 0.00340. The molecule has 0 amide bonds. The number of carbonyl (C=O) groups is 3. The standard InChI is InChI=1S/C16H21N3O9/c1-4-25-15(22)10-6-19(16(23)17-14(10)18-24)13-5-11(27-9(3)21)12(28-13)7-26-8(2)20/h6,11-13,24H,4-5,7H2,1-3H3,(H,17,18,23)/t11-,12+,13+/m0/s1. The molecule has 2 N–H and O–H groups in total. The molecule has 2 rings (SSSR count). The highest BCUT2D eigenvalue weighted by atomic mass is 16.6. The van der Waals surface area contributed by atoms with Crippen LogP contribution in [0.3, 0.4) is 0 Å². The summed E-state index contributed by atoms with van der Waals surface area (Å²) in [7, 11) is 0. The molecular weight excluding hydrogens is 378 g/mol. The van der Waals surface area contributed by atoms with Crippen molar-refractivity contribution in [2.45, 2.75) is 45.6 Å². The lowest BCUT2D eigenvalue weighted by Crippen LogP contribution is -2.31. The van der Waals surface area contributed by atoms with Crippen molar-refractivity contribution in [3.63, 3.8) is 0 Å². The molecule has 2 heterocycles. The van der Waals surface area contributed by atoms with E-state index < -0.39 is 42.0 Å². The molecule has 154 valence electrons. The fraction of sp³-hybridized carbons (Fsp3) is 0.562. The molecule has 1 aromatic rings. The van der Waals surface area contributed by atoms with Gasteiger partial charge in [-0.25, -0.2) is 9.59 Å². The van der Waals surface area contributed by atoms with Crippen molar-refractivity contribution in [1.29, 1.82) is 0 Å². The summed E-state index contributed by atoms with van der Waals surface area (Å²) in [5.74, 6) is -2.30. The van der Waals surface area contributed by atoms with Crippen LogP contribution in [0.15, 0.2) is 11.0 Å². The first kappa shape index (κ1) is 21.3. The van der Waals surface area contributed by atoms with Crippen molar-refractivity contribution in [3.8, 4) is 0 Å². The molecule has 12 heteroatoms. The third kappa shape index (κ3) is 5.04. The second-order valence-electron chi connectivity index (χ2n) is 5.84. The average molecular weight is 399 g/mol. The molecule has 1 saturated heterocycles. The Balaban J connectivity index is 2.33. The van der Waals surface area contributed by atoms with E-state index in [9.17, 15) is 19.2 Å². The monoisotopic (exact) mass is 399 g/mol. The third-order valence-corrected chi connectivity index (χ3v) is 3.81. The van der Waals surface area contributed by atoms with Gasteiger partial charge >= 0.3 is 23.6 Å². The first-order chi connectivity index (χ1) is 13.3. The highest BCUT2D eigenvalue weighted by Crippen LogP contribution is 2.31. The maximum absolute atomic E-state index is 12.3. The van der Waals surface area contributed by atoms with Gasteiger partial charge in [0, 0.05) is 26.5 Å². The van der Waals surface area contributed by atoms with Gasteiger partial charge in [0.2, 0.25) is 0 Å². The molecule has 0 aromatic carbocycles. The van der Waals surface area contributed by atoms with Gasteiger partial charge in [-0.3, -0.25) is 24.8 Å². The van der Waals surface area contributed by atoms with Gasteiger partial charge in [0.05, 0.1) is 6.61 Å². The highest BCUT2D eigenvalue weighted by molar-refractivity contribution is 5.94. The Bertz CT molecular complexity index is 807. The van der Waals surface area contributed by atoms with Crippen molar-refractivity contribution in [2.24, 2.45) is 0 Å². The van der Waals surface area contributed by atoms with Crippen molar-refractivity contribution >= 4 is 23.7 Å². The van der Waals surface area contributed by atoms with Gasteiger partial charge in [-0.1, -0.05) is 0 Å². The van der Waals surface area contributed by atoms with Gasteiger partial charge < -0.3 is 18.9 Å². The maximum Gasteiger partial charge on any atom is 0.351 e. The van der Waals surface area contributed by atoms with Crippen molar-refractivity contribution in [2.75, 3.05) is 18.7 Å². The Morgan fingerprint density at radius 3 is 2.61 bits per heavy atom. The Labute approximate surface area is 159 Å². The van der Waals surface area contributed by atoms with Crippen LogP contribution in [0, 0.1) is 0 Å². The molecule has 12 nitrogen and oxygen atoms in total. The summed E-state index contributed by atoms with van der Waals surface area (Å²) in [5, 5.41) is 9.12. The predicted molar refractivity (Wildman–Crippen MR) is 90.6 cm³/mol. The zero-order valence-electron chi connectivity index (χ0n) is 15.5. The minimum absolute atomic E-state index is 0.0568. The smallest absolute Gasteiger partial charge is 0.351 e. The summed E-state index contributed by atoms with van der Waals surface area (Å²) >= 11 is 0. The molecule has 0 saturated carbocycles. The molecule has 3 atom stereocenters. The van der Waals surface area contributed by atoms with E-state index in [0.717, 1.165) is 10.8 Å². The van der Waals surface area contributed by atoms with Gasteiger partial charge in [0.15, 0.2) is 5.82 Å². The van der Waals surface area contributed by atoms with Gasteiger partial charge in [-0.2, -0.15) is 4.98 Å². The van der Waals surface area contributed by atoms with Gasteiger partial charge in [-0.05, 0) is 6.92 Å². The van der Waals surface area contributed by atoms with E-state index in [2.05, 4.69) is 4.98 Å². The Morgan fingerprint density at radius 2 is 2.04 bits per heavy atom. The summed E-state index contributed by atoms with van der Waals surface area (Å²) in [6, 6.07) is 0. The summed E-state index contributed by atoms with van der Waals surface area (Å²) < 4.78 is 21.7. The quantitative estimate of drug-likeness (QED) is 0.361. The Hall–Kier alpha value is -2.99. The van der Waals surface area contributed by atoms with Crippen molar-refractivity contribution in [1.82, 2.24) is 9.55 Å². The Kier molecular flexibility index (Phi) is 7.06. The topological polar surface area (TPSA) is 155 Å². The van der Waals surface area contributed by atoms with E-state index in [0.29, 0.717) is 0 Å².